The van der Waals surface area contributed by atoms with Crippen LogP contribution in [-0.4, -0.2) is 12.0 Å². The molecule has 110 valence electrons. The van der Waals surface area contributed by atoms with E-state index < -0.39 is 4.92 Å². The molecule has 0 fully saturated rings. The second-order valence-corrected chi connectivity index (χ2v) is 5.52. The summed E-state index contributed by atoms with van der Waals surface area (Å²) in [6, 6.07) is 10.1. The van der Waals surface area contributed by atoms with Crippen molar-refractivity contribution in [2.45, 2.75) is 6.54 Å². The highest BCUT2D eigenvalue weighted by Crippen LogP contribution is 2.29. The van der Waals surface area contributed by atoms with E-state index in [4.69, 9.17) is 16.3 Å². The molecular weight excluding hydrogens is 360 g/mol. The van der Waals surface area contributed by atoms with E-state index in [1.165, 1.54) is 6.07 Å². The second-order valence-electron chi connectivity index (χ2n) is 4.23. The van der Waals surface area contributed by atoms with E-state index in [0.29, 0.717) is 17.1 Å². The van der Waals surface area contributed by atoms with Gasteiger partial charge in [0.1, 0.15) is 5.75 Å². The number of rotatable bonds is 5. The minimum atomic E-state index is -0.438. The standard InChI is InChI=1S/C14H12BrClN2O3/c1-21-14-5-4-11(7-12(14)15)17-8-9-2-3-10(16)6-13(9)18(19)20/h2-7,17H,8H2,1H3. The van der Waals surface area contributed by atoms with Gasteiger partial charge in [-0.05, 0) is 46.3 Å². The lowest BCUT2D eigenvalue weighted by atomic mass is 10.1. The van der Waals surface area contributed by atoms with E-state index in [1.807, 2.05) is 18.2 Å². The Bertz CT molecular complexity index is 679. The third-order valence-corrected chi connectivity index (χ3v) is 3.73. The Morgan fingerprint density at radius 2 is 2.10 bits per heavy atom. The summed E-state index contributed by atoms with van der Waals surface area (Å²) in [6.45, 7) is 0.326. The average Bonchev–Trinajstić information content (AvgIpc) is 2.46. The van der Waals surface area contributed by atoms with Gasteiger partial charge in [-0.1, -0.05) is 11.6 Å². The van der Waals surface area contributed by atoms with Crippen molar-refractivity contribution in [1.29, 1.82) is 0 Å². The third-order valence-electron chi connectivity index (χ3n) is 2.88. The van der Waals surface area contributed by atoms with Gasteiger partial charge >= 0.3 is 0 Å². The van der Waals surface area contributed by atoms with Crippen molar-refractivity contribution < 1.29 is 9.66 Å². The molecule has 0 saturated heterocycles. The fraction of sp³-hybridized carbons (Fsp3) is 0.143. The van der Waals surface area contributed by atoms with Gasteiger partial charge in [-0.15, -0.1) is 0 Å². The zero-order valence-electron chi connectivity index (χ0n) is 11.1. The SMILES string of the molecule is COc1ccc(NCc2ccc(Cl)cc2[N+](=O)[O-])cc1Br. The van der Waals surface area contributed by atoms with Crippen LogP contribution in [-0.2, 0) is 6.54 Å². The molecule has 0 aromatic heterocycles. The summed E-state index contributed by atoms with van der Waals surface area (Å²) in [5.74, 6) is 0.720. The highest BCUT2D eigenvalue weighted by atomic mass is 79.9. The number of nitro benzene ring substituents is 1. The number of halogens is 2. The number of nitro groups is 1. The molecule has 0 aliphatic heterocycles. The van der Waals surface area contributed by atoms with Crippen LogP contribution in [0.1, 0.15) is 5.56 Å². The van der Waals surface area contributed by atoms with Crippen molar-refractivity contribution in [2.75, 3.05) is 12.4 Å². The Morgan fingerprint density at radius 3 is 2.71 bits per heavy atom. The monoisotopic (exact) mass is 370 g/mol. The number of methoxy groups -OCH3 is 1. The summed E-state index contributed by atoms with van der Waals surface area (Å²) >= 11 is 9.18. The Balaban J connectivity index is 2.16. The topological polar surface area (TPSA) is 64.4 Å². The smallest absolute Gasteiger partial charge is 0.275 e. The Morgan fingerprint density at radius 1 is 1.33 bits per heavy atom. The van der Waals surface area contributed by atoms with Crippen molar-refractivity contribution >= 4 is 38.9 Å². The quantitative estimate of drug-likeness (QED) is 0.614. The minimum absolute atomic E-state index is 0.00239. The number of anilines is 1. The minimum Gasteiger partial charge on any atom is -0.496 e. The van der Waals surface area contributed by atoms with Crippen molar-refractivity contribution in [3.63, 3.8) is 0 Å². The molecule has 1 N–H and O–H groups in total. The first-order valence-corrected chi connectivity index (χ1v) is 7.18. The van der Waals surface area contributed by atoms with Gasteiger partial charge in [-0.3, -0.25) is 10.1 Å². The highest BCUT2D eigenvalue weighted by Gasteiger charge is 2.14. The maximum Gasteiger partial charge on any atom is 0.275 e. The molecule has 0 atom stereocenters. The molecule has 5 nitrogen and oxygen atoms in total. The third kappa shape index (κ3) is 3.86. The fourth-order valence-electron chi connectivity index (χ4n) is 1.83. The van der Waals surface area contributed by atoms with Crippen molar-refractivity contribution in [1.82, 2.24) is 0 Å². The summed E-state index contributed by atoms with van der Waals surface area (Å²) in [5, 5.41) is 14.5. The zero-order valence-corrected chi connectivity index (χ0v) is 13.4. The molecule has 0 aliphatic rings. The maximum absolute atomic E-state index is 11.0. The van der Waals surface area contributed by atoms with Gasteiger partial charge in [0, 0.05) is 28.9 Å². The summed E-state index contributed by atoms with van der Waals surface area (Å²) in [5.41, 5.74) is 1.39. The summed E-state index contributed by atoms with van der Waals surface area (Å²) in [6.07, 6.45) is 0. The molecule has 21 heavy (non-hydrogen) atoms. The second kappa shape index (κ2) is 6.78. The number of hydrogen-bond donors (Lipinski definition) is 1. The lowest BCUT2D eigenvalue weighted by molar-refractivity contribution is -0.385. The normalized spacial score (nSPS) is 10.2. The molecule has 0 amide bonds. The first kappa shape index (κ1) is 15.6. The van der Waals surface area contributed by atoms with Crippen LogP contribution in [0.2, 0.25) is 5.02 Å². The van der Waals surface area contributed by atoms with Gasteiger partial charge in [0.2, 0.25) is 0 Å². The zero-order chi connectivity index (χ0) is 15.4. The number of nitrogens with one attached hydrogen (secondary N) is 1. The van der Waals surface area contributed by atoms with E-state index in [-0.39, 0.29) is 5.69 Å². The number of nitrogens with zero attached hydrogens (tertiary/aromatic N) is 1. The van der Waals surface area contributed by atoms with E-state index in [9.17, 15) is 10.1 Å². The molecule has 0 bridgehead atoms. The van der Waals surface area contributed by atoms with Crippen LogP contribution in [0.15, 0.2) is 40.9 Å². The molecule has 0 radical (unpaired) electrons. The molecule has 0 heterocycles. The molecule has 2 rings (SSSR count). The molecule has 2 aromatic carbocycles. The van der Waals surface area contributed by atoms with Crippen molar-refractivity contribution in [2.24, 2.45) is 0 Å². The summed E-state index contributed by atoms with van der Waals surface area (Å²) < 4.78 is 5.95. The Labute approximate surface area is 135 Å². The molecule has 0 saturated carbocycles. The van der Waals surface area contributed by atoms with E-state index in [1.54, 1.807) is 19.2 Å². The molecule has 0 spiro atoms. The lowest BCUT2D eigenvalue weighted by Crippen LogP contribution is -2.03. The van der Waals surface area contributed by atoms with Gasteiger partial charge in [-0.2, -0.15) is 0 Å². The number of hydrogen-bond acceptors (Lipinski definition) is 4. The van der Waals surface area contributed by atoms with Gasteiger partial charge in [0.05, 0.1) is 16.5 Å². The van der Waals surface area contributed by atoms with Crippen LogP contribution in [0, 0.1) is 10.1 Å². The molecular formula is C14H12BrClN2O3. The largest absolute Gasteiger partial charge is 0.496 e. The van der Waals surface area contributed by atoms with Crippen LogP contribution in [0.4, 0.5) is 11.4 Å². The van der Waals surface area contributed by atoms with Crippen LogP contribution in [0.3, 0.4) is 0 Å². The van der Waals surface area contributed by atoms with Gasteiger partial charge < -0.3 is 10.1 Å². The van der Waals surface area contributed by atoms with Gasteiger partial charge in [0.25, 0.3) is 5.69 Å². The van der Waals surface area contributed by atoms with E-state index >= 15 is 0 Å². The number of ether oxygens (including phenoxy) is 1. The highest BCUT2D eigenvalue weighted by molar-refractivity contribution is 9.10. The lowest BCUT2D eigenvalue weighted by Gasteiger charge is -2.09. The molecule has 7 heteroatoms. The Hall–Kier alpha value is -1.79. The first-order chi connectivity index (χ1) is 10.0. The van der Waals surface area contributed by atoms with Gasteiger partial charge in [-0.25, -0.2) is 0 Å². The molecule has 0 aliphatic carbocycles. The van der Waals surface area contributed by atoms with Crippen LogP contribution < -0.4 is 10.1 Å². The number of benzene rings is 2. The van der Waals surface area contributed by atoms with Crippen LogP contribution in [0.5, 0.6) is 5.75 Å². The average molecular weight is 372 g/mol. The summed E-state index contributed by atoms with van der Waals surface area (Å²) in [4.78, 5) is 10.6. The Kier molecular flexibility index (Phi) is 5.03. The first-order valence-electron chi connectivity index (χ1n) is 6.01. The maximum atomic E-state index is 11.0. The van der Waals surface area contributed by atoms with Crippen LogP contribution in [0.25, 0.3) is 0 Å². The van der Waals surface area contributed by atoms with Crippen LogP contribution >= 0.6 is 27.5 Å². The summed E-state index contributed by atoms with van der Waals surface area (Å²) in [7, 11) is 1.59. The van der Waals surface area contributed by atoms with Crippen molar-refractivity contribution in [3.8, 4) is 5.75 Å². The predicted molar refractivity (Wildman–Crippen MR) is 86.1 cm³/mol. The predicted octanol–water partition coefficient (Wildman–Crippen LogP) is 4.63. The van der Waals surface area contributed by atoms with Gasteiger partial charge in [0.15, 0.2) is 0 Å². The molecule has 2 aromatic rings. The van der Waals surface area contributed by atoms with Crippen molar-refractivity contribution in [3.05, 3.63) is 61.6 Å². The van der Waals surface area contributed by atoms with E-state index in [2.05, 4.69) is 21.2 Å². The van der Waals surface area contributed by atoms with E-state index in [0.717, 1.165) is 15.9 Å². The molecule has 0 unspecified atom stereocenters. The fourth-order valence-corrected chi connectivity index (χ4v) is 2.54.